The molecule has 0 radical (unpaired) electrons. The third kappa shape index (κ3) is 2.25. The molecule has 3 nitrogen and oxygen atoms in total. The Bertz CT molecular complexity index is 91.6. The molecule has 0 aromatic rings. The number of ether oxygens (including phenoxy) is 1. The van der Waals surface area contributed by atoms with Crippen LogP contribution in [0.5, 0.6) is 0 Å². The summed E-state index contributed by atoms with van der Waals surface area (Å²) in [7, 11) is 1.72. The monoisotopic (exact) mass is 144 g/mol. The predicted octanol–water partition coefficient (Wildman–Crippen LogP) is -0.0697. The van der Waals surface area contributed by atoms with Crippen molar-refractivity contribution in [3.05, 3.63) is 0 Å². The van der Waals surface area contributed by atoms with Gasteiger partial charge in [-0.1, -0.05) is 0 Å². The van der Waals surface area contributed by atoms with Gasteiger partial charge in [0, 0.05) is 19.7 Å². The molecule has 1 heterocycles. The lowest BCUT2D eigenvalue weighted by Crippen LogP contribution is -2.38. The third-order valence-corrected chi connectivity index (χ3v) is 1.88. The van der Waals surface area contributed by atoms with Gasteiger partial charge in [-0.3, -0.25) is 5.32 Å². The first-order chi connectivity index (χ1) is 4.83. The lowest BCUT2D eigenvalue weighted by Gasteiger charge is -2.16. The molecule has 10 heavy (non-hydrogen) atoms. The van der Waals surface area contributed by atoms with Gasteiger partial charge in [0.2, 0.25) is 0 Å². The molecule has 1 rings (SSSR count). The van der Waals surface area contributed by atoms with E-state index in [4.69, 9.17) is 4.74 Å². The molecule has 1 saturated heterocycles. The minimum Gasteiger partial charge on any atom is -0.367 e. The maximum absolute atomic E-state index is 5.07. The Morgan fingerprint density at radius 1 is 1.70 bits per heavy atom. The molecule has 2 unspecified atom stereocenters. The van der Waals surface area contributed by atoms with E-state index in [2.05, 4.69) is 10.6 Å². The molecule has 0 amide bonds. The minimum atomic E-state index is 0.185. The Labute approximate surface area is 62.1 Å². The smallest absolute Gasteiger partial charge is 0.105 e. The van der Waals surface area contributed by atoms with E-state index in [-0.39, 0.29) is 6.23 Å². The number of hydrogen-bond donors (Lipinski definition) is 2. The zero-order chi connectivity index (χ0) is 7.40. The minimum absolute atomic E-state index is 0.185. The van der Waals surface area contributed by atoms with Gasteiger partial charge in [0.25, 0.3) is 0 Å². The Kier molecular flexibility index (Phi) is 3.12. The summed E-state index contributed by atoms with van der Waals surface area (Å²) >= 11 is 0. The van der Waals surface area contributed by atoms with Crippen molar-refractivity contribution in [1.29, 1.82) is 0 Å². The van der Waals surface area contributed by atoms with Gasteiger partial charge in [0.05, 0.1) is 0 Å². The van der Waals surface area contributed by atoms with Gasteiger partial charge in [-0.25, -0.2) is 0 Å². The third-order valence-electron chi connectivity index (χ3n) is 1.88. The predicted molar refractivity (Wildman–Crippen MR) is 40.9 cm³/mol. The van der Waals surface area contributed by atoms with Gasteiger partial charge in [0.15, 0.2) is 0 Å². The molecule has 0 aromatic carbocycles. The first kappa shape index (κ1) is 7.98. The van der Waals surface area contributed by atoms with Crippen molar-refractivity contribution in [2.75, 3.05) is 20.2 Å². The van der Waals surface area contributed by atoms with Crippen molar-refractivity contribution < 1.29 is 4.74 Å². The highest BCUT2D eigenvalue weighted by Gasteiger charge is 2.15. The van der Waals surface area contributed by atoms with Gasteiger partial charge in [-0.2, -0.15) is 0 Å². The normalized spacial score (nSPS) is 28.8. The first-order valence-electron chi connectivity index (χ1n) is 3.82. The summed E-state index contributed by atoms with van der Waals surface area (Å²) < 4.78 is 5.07. The fraction of sp³-hybridized carbons (Fsp3) is 1.00. The highest BCUT2D eigenvalue weighted by molar-refractivity contribution is 4.77. The summed E-state index contributed by atoms with van der Waals surface area (Å²) in [6.07, 6.45) is 1.40. The maximum atomic E-state index is 5.07. The van der Waals surface area contributed by atoms with E-state index < -0.39 is 0 Å². The maximum Gasteiger partial charge on any atom is 0.105 e. The van der Waals surface area contributed by atoms with E-state index in [0.717, 1.165) is 13.1 Å². The van der Waals surface area contributed by atoms with Crippen LogP contribution >= 0.6 is 0 Å². The lowest BCUT2D eigenvalue weighted by atomic mass is 10.2. The van der Waals surface area contributed by atoms with Crippen LogP contribution in [0.3, 0.4) is 0 Å². The first-order valence-corrected chi connectivity index (χ1v) is 3.82. The number of hydrogen-bond acceptors (Lipinski definition) is 3. The van der Waals surface area contributed by atoms with Gasteiger partial charge in [-0.05, 0) is 19.9 Å². The average molecular weight is 144 g/mol. The van der Waals surface area contributed by atoms with E-state index in [1.807, 2.05) is 6.92 Å². The molecule has 2 atom stereocenters. The zero-order valence-electron chi connectivity index (χ0n) is 6.68. The second-order valence-electron chi connectivity index (χ2n) is 2.73. The van der Waals surface area contributed by atoms with Crippen LogP contribution in [0, 0.1) is 0 Å². The molecule has 0 aliphatic carbocycles. The summed E-state index contributed by atoms with van der Waals surface area (Å²) in [6.45, 7) is 4.24. The van der Waals surface area contributed by atoms with E-state index in [1.54, 1.807) is 7.11 Å². The Hall–Kier alpha value is -0.120. The van der Waals surface area contributed by atoms with Gasteiger partial charge in [0.1, 0.15) is 6.23 Å². The van der Waals surface area contributed by atoms with E-state index >= 15 is 0 Å². The average Bonchev–Trinajstić information content (AvgIpc) is 2.40. The van der Waals surface area contributed by atoms with E-state index in [9.17, 15) is 0 Å². The second-order valence-corrected chi connectivity index (χ2v) is 2.73. The standard InChI is InChI=1S/C7H16N2O/c1-6(10-2)9-7-3-4-8-5-7/h6-9H,3-5H2,1-2H3. The van der Waals surface area contributed by atoms with Crippen LogP contribution in [0.1, 0.15) is 13.3 Å². The molecule has 60 valence electrons. The van der Waals surface area contributed by atoms with Crippen LogP contribution in [-0.4, -0.2) is 32.5 Å². The molecule has 3 heteroatoms. The van der Waals surface area contributed by atoms with Crippen molar-refractivity contribution in [2.24, 2.45) is 0 Å². The fourth-order valence-corrected chi connectivity index (χ4v) is 1.20. The van der Waals surface area contributed by atoms with Crippen LogP contribution in [0.2, 0.25) is 0 Å². The van der Waals surface area contributed by atoms with Crippen LogP contribution in [0.25, 0.3) is 0 Å². The number of rotatable bonds is 3. The van der Waals surface area contributed by atoms with Crippen LogP contribution in [0.15, 0.2) is 0 Å². The quantitative estimate of drug-likeness (QED) is 0.544. The van der Waals surface area contributed by atoms with E-state index in [1.165, 1.54) is 6.42 Å². The Balaban J connectivity index is 2.11. The van der Waals surface area contributed by atoms with Crippen molar-refractivity contribution in [3.63, 3.8) is 0 Å². The highest BCUT2D eigenvalue weighted by atomic mass is 16.5. The van der Waals surface area contributed by atoms with Gasteiger partial charge in [-0.15, -0.1) is 0 Å². The molecule has 1 fully saturated rings. The molecule has 1 aliphatic heterocycles. The summed E-state index contributed by atoms with van der Waals surface area (Å²) in [6, 6.07) is 0.606. The van der Waals surface area contributed by atoms with Crippen molar-refractivity contribution >= 4 is 0 Å². The molecule has 0 spiro atoms. The van der Waals surface area contributed by atoms with Crippen LogP contribution in [0.4, 0.5) is 0 Å². The molecular formula is C7H16N2O. The summed E-state index contributed by atoms with van der Waals surface area (Å²) in [5, 5.41) is 6.63. The number of methoxy groups -OCH3 is 1. The van der Waals surface area contributed by atoms with Crippen LogP contribution in [-0.2, 0) is 4.74 Å². The summed E-state index contributed by atoms with van der Waals surface area (Å²) in [5.41, 5.74) is 0. The largest absolute Gasteiger partial charge is 0.367 e. The summed E-state index contributed by atoms with van der Waals surface area (Å²) in [4.78, 5) is 0. The second kappa shape index (κ2) is 3.91. The molecule has 0 saturated carbocycles. The van der Waals surface area contributed by atoms with Crippen molar-refractivity contribution in [2.45, 2.75) is 25.6 Å². The Morgan fingerprint density at radius 2 is 2.50 bits per heavy atom. The highest BCUT2D eigenvalue weighted by Crippen LogP contribution is 1.98. The van der Waals surface area contributed by atoms with Gasteiger partial charge >= 0.3 is 0 Å². The zero-order valence-corrected chi connectivity index (χ0v) is 6.68. The van der Waals surface area contributed by atoms with Crippen molar-refractivity contribution in [1.82, 2.24) is 10.6 Å². The molecule has 0 bridgehead atoms. The molecule has 0 aromatic heterocycles. The van der Waals surface area contributed by atoms with Gasteiger partial charge < -0.3 is 10.1 Å². The molecule has 1 aliphatic rings. The van der Waals surface area contributed by atoms with Crippen LogP contribution < -0.4 is 10.6 Å². The fourth-order valence-electron chi connectivity index (χ4n) is 1.20. The summed E-state index contributed by atoms with van der Waals surface area (Å²) in [5.74, 6) is 0. The van der Waals surface area contributed by atoms with E-state index in [0.29, 0.717) is 6.04 Å². The molecule has 2 N–H and O–H groups in total. The SMILES string of the molecule is COC(C)NC1CCNC1. The van der Waals surface area contributed by atoms with Crippen molar-refractivity contribution in [3.8, 4) is 0 Å². The topological polar surface area (TPSA) is 33.3 Å². The number of nitrogens with one attached hydrogen (secondary N) is 2. The Morgan fingerprint density at radius 3 is 3.00 bits per heavy atom. The molecular weight excluding hydrogens is 128 g/mol. The lowest BCUT2D eigenvalue weighted by molar-refractivity contribution is 0.0803.